The lowest BCUT2D eigenvalue weighted by atomic mass is 10.2. The number of primary amides is 1. The van der Waals surface area contributed by atoms with Crippen LogP contribution in [0.5, 0.6) is 0 Å². The molecule has 86 valence electrons. The normalized spacial score (nSPS) is 10.6. The maximum absolute atomic E-state index is 10.7. The van der Waals surface area contributed by atoms with Crippen molar-refractivity contribution in [1.29, 1.82) is 0 Å². The van der Waals surface area contributed by atoms with Crippen molar-refractivity contribution < 1.29 is 4.79 Å². The second kappa shape index (κ2) is 6.63. The van der Waals surface area contributed by atoms with Crippen LogP contribution in [0.2, 0.25) is 0 Å². The SMILES string of the molecule is CNCCC=Cc1cccc(NC(N)=O)c1. The van der Waals surface area contributed by atoms with Gasteiger partial charge in [0.2, 0.25) is 0 Å². The van der Waals surface area contributed by atoms with Crippen LogP contribution in [0.4, 0.5) is 10.5 Å². The second-order valence-electron chi connectivity index (χ2n) is 3.41. The van der Waals surface area contributed by atoms with Gasteiger partial charge in [-0.2, -0.15) is 0 Å². The van der Waals surface area contributed by atoms with E-state index < -0.39 is 6.03 Å². The Hall–Kier alpha value is -1.81. The summed E-state index contributed by atoms with van der Waals surface area (Å²) >= 11 is 0. The van der Waals surface area contributed by atoms with Crippen LogP contribution in [0.1, 0.15) is 12.0 Å². The molecule has 0 atom stereocenters. The van der Waals surface area contributed by atoms with Crippen LogP contribution in [-0.4, -0.2) is 19.6 Å². The number of anilines is 1. The van der Waals surface area contributed by atoms with E-state index in [1.165, 1.54) is 0 Å². The Labute approximate surface area is 95.5 Å². The summed E-state index contributed by atoms with van der Waals surface area (Å²) < 4.78 is 0. The highest BCUT2D eigenvalue weighted by Gasteiger charge is 1.95. The fourth-order valence-corrected chi connectivity index (χ4v) is 1.31. The molecular weight excluding hydrogens is 202 g/mol. The Morgan fingerprint density at radius 2 is 2.31 bits per heavy atom. The lowest BCUT2D eigenvalue weighted by Crippen LogP contribution is -2.19. The molecule has 1 aromatic carbocycles. The highest BCUT2D eigenvalue weighted by atomic mass is 16.2. The number of nitrogens with one attached hydrogen (secondary N) is 2. The maximum atomic E-state index is 10.7. The van der Waals surface area contributed by atoms with Crippen molar-refractivity contribution in [3.63, 3.8) is 0 Å². The Bertz CT molecular complexity index is 374. The molecule has 0 bridgehead atoms. The molecule has 1 rings (SSSR count). The van der Waals surface area contributed by atoms with Crippen LogP contribution >= 0.6 is 0 Å². The quantitative estimate of drug-likeness (QED) is 0.661. The van der Waals surface area contributed by atoms with Gasteiger partial charge in [0.15, 0.2) is 0 Å². The van der Waals surface area contributed by atoms with Gasteiger partial charge in [0, 0.05) is 5.69 Å². The third kappa shape index (κ3) is 4.61. The van der Waals surface area contributed by atoms with Crippen LogP contribution in [0.25, 0.3) is 6.08 Å². The van der Waals surface area contributed by atoms with Crippen LogP contribution in [0.3, 0.4) is 0 Å². The molecule has 0 saturated heterocycles. The van der Waals surface area contributed by atoms with Gasteiger partial charge in [-0.15, -0.1) is 0 Å². The average molecular weight is 219 g/mol. The van der Waals surface area contributed by atoms with Gasteiger partial charge in [-0.1, -0.05) is 24.3 Å². The Morgan fingerprint density at radius 1 is 1.50 bits per heavy atom. The first-order valence-corrected chi connectivity index (χ1v) is 5.20. The molecule has 4 heteroatoms. The van der Waals surface area contributed by atoms with Crippen molar-refractivity contribution >= 4 is 17.8 Å². The van der Waals surface area contributed by atoms with E-state index >= 15 is 0 Å². The van der Waals surface area contributed by atoms with E-state index in [4.69, 9.17) is 5.73 Å². The number of carbonyl (C=O) groups is 1. The molecule has 1 aromatic rings. The molecule has 2 amide bonds. The predicted molar refractivity (Wildman–Crippen MR) is 67.2 cm³/mol. The largest absolute Gasteiger partial charge is 0.351 e. The first-order valence-electron chi connectivity index (χ1n) is 5.20. The third-order valence-corrected chi connectivity index (χ3v) is 2.03. The Kier molecular flexibility index (Phi) is 5.08. The van der Waals surface area contributed by atoms with Gasteiger partial charge < -0.3 is 16.4 Å². The zero-order valence-corrected chi connectivity index (χ0v) is 9.36. The highest BCUT2D eigenvalue weighted by molar-refractivity contribution is 5.88. The van der Waals surface area contributed by atoms with Crippen molar-refractivity contribution in [3.05, 3.63) is 35.9 Å². The molecule has 4 nitrogen and oxygen atoms in total. The van der Waals surface area contributed by atoms with Crippen LogP contribution < -0.4 is 16.4 Å². The van der Waals surface area contributed by atoms with E-state index in [0.717, 1.165) is 18.5 Å². The molecule has 0 fully saturated rings. The molecule has 0 aliphatic carbocycles. The van der Waals surface area contributed by atoms with E-state index in [1.54, 1.807) is 6.07 Å². The van der Waals surface area contributed by atoms with Gasteiger partial charge in [-0.25, -0.2) is 4.79 Å². The molecule has 0 saturated carbocycles. The zero-order chi connectivity index (χ0) is 11.8. The standard InChI is InChI=1S/C12H17N3O/c1-14-8-3-2-5-10-6-4-7-11(9-10)15-12(13)16/h2,4-7,9,14H,3,8H2,1H3,(H3,13,15,16). The van der Waals surface area contributed by atoms with Crippen molar-refractivity contribution in [3.8, 4) is 0 Å². The summed E-state index contributed by atoms with van der Waals surface area (Å²) in [4.78, 5) is 10.7. The van der Waals surface area contributed by atoms with Crippen molar-refractivity contribution in [2.75, 3.05) is 18.9 Å². The fraction of sp³-hybridized carbons (Fsp3) is 0.250. The van der Waals surface area contributed by atoms with Crippen LogP contribution in [0, 0.1) is 0 Å². The maximum Gasteiger partial charge on any atom is 0.316 e. The molecule has 0 spiro atoms. The molecular formula is C12H17N3O. The lowest BCUT2D eigenvalue weighted by Gasteiger charge is -2.02. The first kappa shape index (κ1) is 12.3. The van der Waals surface area contributed by atoms with E-state index in [2.05, 4.69) is 16.7 Å². The number of nitrogens with two attached hydrogens (primary N) is 1. The summed E-state index contributed by atoms with van der Waals surface area (Å²) in [5.74, 6) is 0. The predicted octanol–water partition coefficient (Wildman–Crippen LogP) is 1.80. The molecule has 0 radical (unpaired) electrons. The second-order valence-corrected chi connectivity index (χ2v) is 3.41. The number of carbonyl (C=O) groups excluding carboxylic acids is 1. The molecule has 0 heterocycles. The smallest absolute Gasteiger partial charge is 0.316 e. The Morgan fingerprint density at radius 3 is 3.00 bits per heavy atom. The summed E-state index contributed by atoms with van der Waals surface area (Å²) in [6.45, 7) is 0.954. The fourth-order valence-electron chi connectivity index (χ4n) is 1.31. The minimum absolute atomic E-state index is 0.545. The van der Waals surface area contributed by atoms with Gasteiger partial charge in [0.05, 0.1) is 0 Å². The number of hydrogen-bond donors (Lipinski definition) is 3. The average Bonchev–Trinajstić information content (AvgIpc) is 2.24. The first-order chi connectivity index (χ1) is 7.72. The lowest BCUT2D eigenvalue weighted by molar-refractivity contribution is 0.259. The minimum Gasteiger partial charge on any atom is -0.351 e. The summed E-state index contributed by atoms with van der Waals surface area (Å²) in [7, 11) is 1.92. The van der Waals surface area contributed by atoms with Gasteiger partial charge >= 0.3 is 6.03 Å². The van der Waals surface area contributed by atoms with Gasteiger partial charge in [0.1, 0.15) is 0 Å². The molecule has 4 N–H and O–H groups in total. The Balaban J connectivity index is 2.59. The van der Waals surface area contributed by atoms with E-state index in [9.17, 15) is 4.79 Å². The molecule has 0 aliphatic rings. The van der Waals surface area contributed by atoms with Crippen molar-refractivity contribution in [2.45, 2.75) is 6.42 Å². The van der Waals surface area contributed by atoms with Gasteiger partial charge in [0.25, 0.3) is 0 Å². The molecule has 0 unspecified atom stereocenters. The van der Waals surface area contributed by atoms with E-state index in [0.29, 0.717) is 5.69 Å². The van der Waals surface area contributed by atoms with E-state index in [1.807, 2.05) is 31.3 Å². The number of hydrogen-bond acceptors (Lipinski definition) is 2. The molecule has 0 aromatic heterocycles. The summed E-state index contributed by atoms with van der Waals surface area (Å²) in [5.41, 5.74) is 6.79. The number of amides is 2. The molecule has 0 aliphatic heterocycles. The topological polar surface area (TPSA) is 67.2 Å². The summed E-state index contributed by atoms with van der Waals surface area (Å²) in [5, 5.41) is 5.61. The summed E-state index contributed by atoms with van der Waals surface area (Å²) in [6, 6.07) is 6.98. The van der Waals surface area contributed by atoms with Gasteiger partial charge in [-0.05, 0) is 37.7 Å². The third-order valence-electron chi connectivity index (χ3n) is 2.03. The molecule has 16 heavy (non-hydrogen) atoms. The van der Waals surface area contributed by atoms with Crippen molar-refractivity contribution in [2.24, 2.45) is 5.73 Å². The van der Waals surface area contributed by atoms with Crippen LogP contribution in [0.15, 0.2) is 30.3 Å². The number of rotatable bonds is 5. The number of urea groups is 1. The van der Waals surface area contributed by atoms with Gasteiger partial charge in [-0.3, -0.25) is 0 Å². The van der Waals surface area contributed by atoms with E-state index in [-0.39, 0.29) is 0 Å². The number of benzene rings is 1. The monoisotopic (exact) mass is 219 g/mol. The minimum atomic E-state index is -0.545. The van der Waals surface area contributed by atoms with Crippen molar-refractivity contribution in [1.82, 2.24) is 5.32 Å². The summed E-state index contributed by atoms with van der Waals surface area (Å²) in [6.07, 6.45) is 5.08. The van der Waals surface area contributed by atoms with Crippen LogP contribution in [-0.2, 0) is 0 Å². The highest BCUT2D eigenvalue weighted by Crippen LogP contribution is 2.11. The zero-order valence-electron chi connectivity index (χ0n) is 9.36.